The van der Waals surface area contributed by atoms with E-state index in [4.69, 9.17) is 20.8 Å². The van der Waals surface area contributed by atoms with Gasteiger partial charge in [-0.2, -0.15) is 0 Å². The molecule has 2 aromatic carbocycles. The first-order valence-electron chi connectivity index (χ1n) is 9.42. The Morgan fingerprint density at radius 1 is 1.16 bits per heavy atom. The Morgan fingerprint density at radius 2 is 2.03 bits per heavy atom. The fraction of sp³-hybridized carbons (Fsp3) is 0.136. The van der Waals surface area contributed by atoms with Gasteiger partial charge in [-0.15, -0.1) is 10.2 Å². The standard InChI is InChI=1S/C22H19ClN4O3S/c1-29-19-10-3-2-9-18(19)21-25-26-22(27(21)16-7-4-6-15(23)12-16)31-14-20(28)24-13-17-8-5-11-30-17/h2-12H,13-14H2,1H3,(H,24,28). The lowest BCUT2D eigenvalue weighted by molar-refractivity contribution is -0.118. The van der Waals surface area contributed by atoms with Crippen molar-refractivity contribution in [1.82, 2.24) is 20.1 Å². The minimum Gasteiger partial charge on any atom is -0.496 e. The van der Waals surface area contributed by atoms with Crippen molar-refractivity contribution in [2.24, 2.45) is 0 Å². The number of aromatic nitrogens is 3. The van der Waals surface area contributed by atoms with Crippen molar-refractivity contribution >= 4 is 29.3 Å². The molecule has 0 saturated heterocycles. The summed E-state index contributed by atoms with van der Waals surface area (Å²) in [5.74, 6) is 2.00. The van der Waals surface area contributed by atoms with Crippen LogP contribution < -0.4 is 10.1 Å². The van der Waals surface area contributed by atoms with E-state index in [0.717, 1.165) is 11.3 Å². The SMILES string of the molecule is COc1ccccc1-c1nnc(SCC(=O)NCc2ccco2)n1-c1cccc(Cl)c1. The van der Waals surface area contributed by atoms with Crippen molar-refractivity contribution in [1.29, 1.82) is 0 Å². The van der Waals surface area contributed by atoms with Crippen LogP contribution in [0.25, 0.3) is 17.1 Å². The van der Waals surface area contributed by atoms with Crippen LogP contribution in [0.15, 0.2) is 76.5 Å². The second-order valence-electron chi connectivity index (χ2n) is 6.47. The molecule has 4 rings (SSSR count). The topological polar surface area (TPSA) is 82.2 Å². The molecular formula is C22H19ClN4O3S. The summed E-state index contributed by atoms with van der Waals surface area (Å²) < 4.78 is 12.6. The molecule has 0 atom stereocenters. The van der Waals surface area contributed by atoms with Crippen molar-refractivity contribution in [2.75, 3.05) is 12.9 Å². The molecule has 2 heterocycles. The molecule has 0 saturated carbocycles. The van der Waals surface area contributed by atoms with E-state index in [1.807, 2.05) is 53.1 Å². The van der Waals surface area contributed by atoms with Gasteiger partial charge in [-0.05, 0) is 42.5 Å². The molecule has 158 valence electrons. The normalized spacial score (nSPS) is 10.8. The van der Waals surface area contributed by atoms with Gasteiger partial charge in [-0.25, -0.2) is 0 Å². The zero-order valence-corrected chi connectivity index (χ0v) is 18.2. The second kappa shape index (κ2) is 9.72. The molecule has 1 N–H and O–H groups in total. The third-order valence-corrected chi connectivity index (χ3v) is 5.58. The Labute approximate surface area is 188 Å². The maximum Gasteiger partial charge on any atom is 0.230 e. The number of carbonyl (C=O) groups is 1. The van der Waals surface area contributed by atoms with Crippen LogP contribution in [0.4, 0.5) is 0 Å². The van der Waals surface area contributed by atoms with Crippen LogP contribution in [0.5, 0.6) is 5.75 Å². The fourth-order valence-corrected chi connectivity index (χ4v) is 3.96. The summed E-state index contributed by atoms with van der Waals surface area (Å²) in [6.07, 6.45) is 1.57. The first-order valence-corrected chi connectivity index (χ1v) is 10.8. The summed E-state index contributed by atoms with van der Waals surface area (Å²) >= 11 is 7.51. The van der Waals surface area contributed by atoms with E-state index < -0.39 is 0 Å². The van der Waals surface area contributed by atoms with Crippen LogP contribution in [0.3, 0.4) is 0 Å². The van der Waals surface area contributed by atoms with E-state index >= 15 is 0 Å². The molecular weight excluding hydrogens is 436 g/mol. The number of para-hydroxylation sites is 1. The fourth-order valence-electron chi connectivity index (χ4n) is 3.00. The predicted molar refractivity (Wildman–Crippen MR) is 120 cm³/mol. The average molecular weight is 455 g/mol. The summed E-state index contributed by atoms with van der Waals surface area (Å²) in [4.78, 5) is 12.3. The van der Waals surface area contributed by atoms with Crippen LogP contribution in [-0.4, -0.2) is 33.5 Å². The Morgan fingerprint density at radius 3 is 2.81 bits per heavy atom. The maximum absolute atomic E-state index is 12.3. The number of hydrogen-bond donors (Lipinski definition) is 1. The van der Waals surface area contributed by atoms with Crippen molar-refractivity contribution < 1.29 is 13.9 Å². The van der Waals surface area contributed by atoms with Gasteiger partial charge in [0.15, 0.2) is 11.0 Å². The Balaban J connectivity index is 1.61. The van der Waals surface area contributed by atoms with Crippen molar-refractivity contribution in [3.05, 3.63) is 77.7 Å². The third-order valence-electron chi connectivity index (χ3n) is 4.42. The summed E-state index contributed by atoms with van der Waals surface area (Å²) in [6.45, 7) is 0.333. The van der Waals surface area contributed by atoms with Gasteiger partial charge in [0.25, 0.3) is 0 Å². The van der Waals surface area contributed by atoms with Gasteiger partial charge in [0.05, 0.1) is 36.9 Å². The number of benzene rings is 2. The lowest BCUT2D eigenvalue weighted by Gasteiger charge is -2.12. The molecule has 1 amide bonds. The summed E-state index contributed by atoms with van der Waals surface area (Å²) in [5, 5.41) is 12.7. The molecule has 7 nitrogen and oxygen atoms in total. The largest absolute Gasteiger partial charge is 0.496 e. The van der Waals surface area contributed by atoms with Gasteiger partial charge in [0.2, 0.25) is 5.91 Å². The Hall–Kier alpha value is -3.23. The highest BCUT2D eigenvalue weighted by atomic mass is 35.5. The van der Waals surface area contributed by atoms with Gasteiger partial charge in [0.1, 0.15) is 11.5 Å². The number of nitrogens with zero attached hydrogens (tertiary/aromatic N) is 3. The smallest absolute Gasteiger partial charge is 0.230 e. The monoisotopic (exact) mass is 454 g/mol. The second-order valence-corrected chi connectivity index (χ2v) is 7.85. The molecule has 31 heavy (non-hydrogen) atoms. The molecule has 2 aromatic heterocycles. The summed E-state index contributed by atoms with van der Waals surface area (Å²) in [6, 6.07) is 18.5. The highest BCUT2D eigenvalue weighted by molar-refractivity contribution is 7.99. The first-order chi connectivity index (χ1) is 15.2. The average Bonchev–Trinajstić information content (AvgIpc) is 3.46. The van der Waals surface area contributed by atoms with E-state index in [-0.39, 0.29) is 11.7 Å². The zero-order valence-electron chi connectivity index (χ0n) is 16.6. The van der Waals surface area contributed by atoms with Gasteiger partial charge < -0.3 is 14.5 Å². The number of rotatable bonds is 8. The van der Waals surface area contributed by atoms with E-state index in [9.17, 15) is 4.79 Å². The molecule has 0 spiro atoms. The van der Waals surface area contributed by atoms with E-state index in [2.05, 4.69) is 15.5 Å². The number of nitrogens with one attached hydrogen (secondary N) is 1. The zero-order chi connectivity index (χ0) is 21.6. The minimum absolute atomic E-state index is 0.138. The van der Waals surface area contributed by atoms with Crippen LogP contribution in [-0.2, 0) is 11.3 Å². The molecule has 9 heteroatoms. The highest BCUT2D eigenvalue weighted by Crippen LogP contribution is 2.33. The predicted octanol–water partition coefficient (Wildman–Crippen LogP) is 4.60. The Kier molecular flexibility index (Phi) is 6.59. The molecule has 0 unspecified atom stereocenters. The van der Waals surface area contributed by atoms with Gasteiger partial charge >= 0.3 is 0 Å². The van der Waals surface area contributed by atoms with Crippen LogP contribution >= 0.6 is 23.4 Å². The first kappa shape index (κ1) is 21.0. The number of thioether (sulfide) groups is 1. The van der Waals surface area contributed by atoms with E-state index in [0.29, 0.717) is 34.1 Å². The number of carbonyl (C=O) groups excluding carboxylic acids is 1. The molecule has 0 fully saturated rings. The van der Waals surface area contributed by atoms with Crippen molar-refractivity contribution in [3.8, 4) is 22.8 Å². The van der Waals surface area contributed by atoms with E-state index in [1.54, 1.807) is 25.5 Å². The number of halogens is 1. The lowest BCUT2D eigenvalue weighted by atomic mass is 10.2. The molecule has 0 aliphatic rings. The van der Waals surface area contributed by atoms with Gasteiger partial charge in [-0.3, -0.25) is 9.36 Å². The number of ether oxygens (including phenoxy) is 1. The lowest BCUT2D eigenvalue weighted by Crippen LogP contribution is -2.24. The van der Waals surface area contributed by atoms with Crippen molar-refractivity contribution in [3.63, 3.8) is 0 Å². The molecule has 0 bridgehead atoms. The maximum atomic E-state index is 12.3. The molecule has 4 aromatic rings. The molecule has 0 aliphatic heterocycles. The van der Waals surface area contributed by atoms with Gasteiger partial charge in [-0.1, -0.05) is 41.6 Å². The van der Waals surface area contributed by atoms with Crippen molar-refractivity contribution in [2.45, 2.75) is 11.7 Å². The van der Waals surface area contributed by atoms with Crippen LogP contribution in [0.1, 0.15) is 5.76 Å². The number of hydrogen-bond acceptors (Lipinski definition) is 6. The highest BCUT2D eigenvalue weighted by Gasteiger charge is 2.20. The summed E-state index contributed by atoms with van der Waals surface area (Å²) in [5.41, 5.74) is 1.57. The summed E-state index contributed by atoms with van der Waals surface area (Å²) in [7, 11) is 1.61. The number of amides is 1. The van der Waals surface area contributed by atoms with Gasteiger partial charge in [0, 0.05) is 5.02 Å². The number of methoxy groups -OCH3 is 1. The van der Waals surface area contributed by atoms with E-state index in [1.165, 1.54) is 11.8 Å². The number of furan rings is 1. The third kappa shape index (κ3) is 4.92. The molecule has 0 aliphatic carbocycles. The minimum atomic E-state index is -0.138. The van der Waals surface area contributed by atoms with Crippen LogP contribution in [0, 0.1) is 0 Å². The Bertz CT molecular complexity index is 1180. The quantitative estimate of drug-likeness (QED) is 0.392. The van der Waals surface area contributed by atoms with Crippen LogP contribution in [0.2, 0.25) is 5.02 Å². The molecule has 0 radical (unpaired) electrons.